The second kappa shape index (κ2) is 9.08. The molecule has 2 heterocycles. The fourth-order valence-corrected chi connectivity index (χ4v) is 5.68. The van der Waals surface area contributed by atoms with Crippen LogP contribution in [0.15, 0.2) is 83.3 Å². The number of anilines is 1. The predicted octanol–water partition coefficient (Wildman–Crippen LogP) is 6.90. The quantitative estimate of drug-likeness (QED) is 0.318. The molecule has 2 atom stereocenters. The Labute approximate surface area is 205 Å². The SMILES string of the molecule is Cc1nn(-c2ccccc2Br)c2c1C(c1ccc(Oc3ccccc3)cc1)SC(C)C(=O)N2. The van der Waals surface area contributed by atoms with Crippen LogP contribution in [0.3, 0.4) is 0 Å². The summed E-state index contributed by atoms with van der Waals surface area (Å²) in [5.41, 5.74) is 3.88. The minimum Gasteiger partial charge on any atom is -0.457 e. The van der Waals surface area contributed by atoms with E-state index in [2.05, 4.69) is 33.4 Å². The predicted molar refractivity (Wildman–Crippen MR) is 136 cm³/mol. The van der Waals surface area contributed by atoms with Crippen molar-refractivity contribution in [1.82, 2.24) is 9.78 Å². The van der Waals surface area contributed by atoms with E-state index in [1.807, 2.05) is 85.3 Å². The Bertz CT molecular complexity index is 1310. The van der Waals surface area contributed by atoms with E-state index < -0.39 is 0 Å². The number of ether oxygens (including phenoxy) is 1. The van der Waals surface area contributed by atoms with Crippen molar-refractivity contribution >= 4 is 39.4 Å². The van der Waals surface area contributed by atoms with Gasteiger partial charge in [-0.25, -0.2) is 4.68 Å². The summed E-state index contributed by atoms with van der Waals surface area (Å²) in [6.45, 7) is 3.94. The van der Waals surface area contributed by atoms with Crippen molar-refractivity contribution in [2.45, 2.75) is 24.3 Å². The van der Waals surface area contributed by atoms with Gasteiger partial charge in [-0.15, -0.1) is 11.8 Å². The highest BCUT2D eigenvalue weighted by atomic mass is 79.9. The highest BCUT2D eigenvalue weighted by Gasteiger charge is 2.34. The van der Waals surface area contributed by atoms with Crippen molar-refractivity contribution in [3.63, 3.8) is 0 Å². The van der Waals surface area contributed by atoms with Gasteiger partial charge in [0, 0.05) is 10.0 Å². The van der Waals surface area contributed by atoms with Crippen molar-refractivity contribution in [3.8, 4) is 17.2 Å². The summed E-state index contributed by atoms with van der Waals surface area (Å²) in [6.07, 6.45) is 0. The average molecular weight is 520 g/mol. The smallest absolute Gasteiger partial charge is 0.238 e. The first-order valence-corrected chi connectivity index (χ1v) is 12.4. The number of aromatic nitrogens is 2. The standard InChI is InChI=1S/C26H22BrN3O2S/c1-16-23-24(18-12-14-20(15-13-18)32-19-8-4-3-5-9-19)33-17(2)26(31)28-25(23)30(29-16)22-11-7-6-10-21(22)27/h3-15,17,24H,1-2H3,(H,28,31). The largest absolute Gasteiger partial charge is 0.457 e. The highest BCUT2D eigenvalue weighted by molar-refractivity contribution is 9.10. The molecule has 0 bridgehead atoms. The van der Waals surface area contributed by atoms with Crippen LogP contribution in [0.5, 0.6) is 11.5 Å². The minimum absolute atomic E-state index is 0.0269. The van der Waals surface area contributed by atoms with Gasteiger partial charge < -0.3 is 10.1 Å². The molecule has 5 rings (SSSR count). The van der Waals surface area contributed by atoms with Crippen molar-refractivity contribution in [1.29, 1.82) is 0 Å². The number of halogens is 1. The van der Waals surface area contributed by atoms with E-state index in [0.29, 0.717) is 0 Å². The second-order valence-corrected chi connectivity index (χ2v) is 10.1. The monoisotopic (exact) mass is 519 g/mol. The van der Waals surface area contributed by atoms with Crippen LogP contribution in [-0.4, -0.2) is 20.9 Å². The van der Waals surface area contributed by atoms with Crippen LogP contribution in [0, 0.1) is 6.92 Å². The van der Waals surface area contributed by atoms with Gasteiger partial charge in [0.05, 0.1) is 21.9 Å². The summed E-state index contributed by atoms with van der Waals surface area (Å²) in [4.78, 5) is 12.9. The molecule has 166 valence electrons. The molecule has 7 heteroatoms. The molecule has 1 aromatic heterocycles. The van der Waals surface area contributed by atoms with Gasteiger partial charge in [0.1, 0.15) is 17.3 Å². The molecule has 4 aromatic rings. The molecule has 2 unspecified atom stereocenters. The third kappa shape index (κ3) is 4.30. The summed E-state index contributed by atoms with van der Waals surface area (Å²) in [6, 6.07) is 25.7. The summed E-state index contributed by atoms with van der Waals surface area (Å²) >= 11 is 5.25. The Balaban J connectivity index is 1.55. The van der Waals surface area contributed by atoms with Gasteiger partial charge >= 0.3 is 0 Å². The van der Waals surface area contributed by atoms with Crippen LogP contribution in [0.25, 0.3) is 5.69 Å². The fourth-order valence-electron chi connectivity index (χ4n) is 3.90. The molecule has 0 saturated carbocycles. The zero-order valence-corrected chi connectivity index (χ0v) is 20.6. The molecular formula is C26H22BrN3O2S. The van der Waals surface area contributed by atoms with Crippen LogP contribution in [-0.2, 0) is 4.79 Å². The van der Waals surface area contributed by atoms with Crippen LogP contribution in [0.2, 0.25) is 0 Å². The molecule has 33 heavy (non-hydrogen) atoms. The molecule has 0 spiro atoms. The van der Waals surface area contributed by atoms with E-state index in [1.54, 1.807) is 11.8 Å². The Kier molecular flexibility index (Phi) is 6.00. The van der Waals surface area contributed by atoms with E-state index in [4.69, 9.17) is 9.84 Å². The number of hydrogen-bond acceptors (Lipinski definition) is 4. The number of nitrogens with one attached hydrogen (secondary N) is 1. The van der Waals surface area contributed by atoms with Crippen LogP contribution >= 0.6 is 27.7 Å². The van der Waals surface area contributed by atoms with Crippen molar-refractivity contribution in [3.05, 3.63) is 100 Å². The first-order valence-electron chi connectivity index (χ1n) is 10.6. The number of carbonyl (C=O) groups excluding carboxylic acids is 1. The third-order valence-electron chi connectivity index (χ3n) is 5.56. The molecule has 0 fully saturated rings. The van der Waals surface area contributed by atoms with E-state index in [9.17, 15) is 4.79 Å². The molecule has 1 aliphatic rings. The molecule has 1 amide bonds. The molecule has 0 saturated heterocycles. The number of para-hydroxylation sites is 2. The molecule has 1 aliphatic heterocycles. The van der Waals surface area contributed by atoms with Gasteiger partial charge in [-0.05, 0) is 71.7 Å². The number of nitrogens with zero attached hydrogens (tertiary/aromatic N) is 2. The first-order chi connectivity index (χ1) is 16.0. The van der Waals surface area contributed by atoms with E-state index >= 15 is 0 Å². The lowest BCUT2D eigenvalue weighted by molar-refractivity contribution is -0.115. The van der Waals surface area contributed by atoms with Crippen LogP contribution in [0.4, 0.5) is 5.82 Å². The van der Waals surface area contributed by atoms with E-state index in [1.165, 1.54) is 0 Å². The first kappa shape index (κ1) is 21.8. The normalized spacial score (nSPS) is 17.7. The van der Waals surface area contributed by atoms with Crippen molar-refractivity contribution in [2.75, 3.05) is 5.32 Å². The van der Waals surface area contributed by atoms with Gasteiger partial charge in [-0.3, -0.25) is 4.79 Å². The number of aryl methyl sites for hydroxylation is 1. The van der Waals surface area contributed by atoms with Gasteiger partial charge in [0.15, 0.2) is 0 Å². The molecule has 0 aliphatic carbocycles. The van der Waals surface area contributed by atoms with Gasteiger partial charge in [0.2, 0.25) is 5.91 Å². The van der Waals surface area contributed by atoms with Crippen LogP contribution in [0.1, 0.15) is 29.0 Å². The topological polar surface area (TPSA) is 56.2 Å². The Morgan fingerprint density at radius 2 is 1.64 bits per heavy atom. The maximum atomic E-state index is 12.9. The lowest BCUT2D eigenvalue weighted by atomic mass is 10.0. The number of rotatable bonds is 4. The molecule has 0 radical (unpaired) electrons. The lowest BCUT2D eigenvalue weighted by Crippen LogP contribution is -2.22. The number of carbonyl (C=O) groups is 1. The van der Waals surface area contributed by atoms with Gasteiger partial charge in [-0.2, -0.15) is 5.10 Å². The highest BCUT2D eigenvalue weighted by Crippen LogP contribution is 2.46. The molecule has 5 nitrogen and oxygen atoms in total. The van der Waals surface area contributed by atoms with E-state index in [0.717, 1.165) is 44.3 Å². The van der Waals surface area contributed by atoms with Crippen molar-refractivity contribution in [2.24, 2.45) is 0 Å². The number of benzene rings is 3. The summed E-state index contributed by atoms with van der Waals surface area (Å²) in [7, 11) is 0. The Hall–Kier alpha value is -3.03. The third-order valence-corrected chi connectivity index (χ3v) is 7.64. The molecule has 3 aromatic carbocycles. The number of thioether (sulfide) groups is 1. The second-order valence-electron chi connectivity index (χ2n) is 7.84. The van der Waals surface area contributed by atoms with E-state index in [-0.39, 0.29) is 16.4 Å². The number of fused-ring (bicyclic) bond motifs is 1. The maximum Gasteiger partial charge on any atom is 0.238 e. The summed E-state index contributed by atoms with van der Waals surface area (Å²) < 4.78 is 8.69. The van der Waals surface area contributed by atoms with Gasteiger partial charge in [-0.1, -0.05) is 42.5 Å². The summed E-state index contributed by atoms with van der Waals surface area (Å²) in [5.74, 6) is 2.26. The zero-order chi connectivity index (χ0) is 22.9. The average Bonchev–Trinajstić information content (AvgIpc) is 3.06. The fraction of sp³-hybridized carbons (Fsp3) is 0.154. The Morgan fingerprint density at radius 1 is 0.970 bits per heavy atom. The number of hydrogen-bond donors (Lipinski definition) is 1. The number of amides is 1. The minimum atomic E-state index is -0.213. The maximum absolute atomic E-state index is 12.9. The molecular weight excluding hydrogens is 498 g/mol. The van der Waals surface area contributed by atoms with Crippen molar-refractivity contribution < 1.29 is 9.53 Å². The lowest BCUT2D eigenvalue weighted by Gasteiger charge is -2.18. The van der Waals surface area contributed by atoms with Crippen LogP contribution < -0.4 is 10.1 Å². The van der Waals surface area contributed by atoms with Gasteiger partial charge in [0.25, 0.3) is 0 Å². The zero-order valence-electron chi connectivity index (χ0n) is 18.2. The summed E-state index contributed by atoms with van der Waals surface area (Å²) in [5, 5.41) is 7.68. The Morgan fingerprint density at radius 3 is 2.36 bits per heavy atom. The molecule has 1 N–H and O–H groups in total.